The third kappa shape index (κ3) is 2.25. The van der Waals surface area contributed by atoms with E-state index in [9.17, 15) is 0 Å². The number of halogens is 1. The minimum atomic E-state index is 0.0586. The van der Waals surface area contributed by atoms with Crippen molar-refractivity contribution in [2.24, 2.45) is 5.73 Å². The van der Waals surface area contributed by atoms with Gasteiger partial charge in [0.1, 0.15) is 5.84 Å². The Kier molecular flexibility index (Phi) is 2.96. The molecule has 0 fully saturated rings. The molecule has 0 aliphatic heterocycles. The lowest BCUT2D eigenvalue weighted by Crippen LogP contribution is -2.10. The molecule has 0 bridgehead atoms. The minimum absolute atomic E-state index is 0.0586. The van der Waals surface area contributed by atoms with Crippen LogP contribution in [0.4, 0.5) is 0 Å². The number of nitrogen functional groups attached to an aromatic ring is 1. The molecule has 0 spiro atoms. The van der Waals surface area contributed by atoms with Crippen LogP contribution in [0.1, 0.15) is 5.56 Å². The third-order valence-corrected chi connectivity index (χ3v) is 2.48. The zero-order valence-electron chi connectivity index (χ0n) is 8.31. The largest absolute Gasteiger partial charge is 0.384 e. The molecule has 0 saturated carbocycles. The van der Waals surface area contributed by atoms with Gasteiger partial charge in [-0.2, -0.15) is 0 Å². The molecule has 0 atom stereocenters. The first-order valence-corrected chi connectivity index (χ1v) is 5.38. The lowest BCUT2D eigenvalue weighted by molar-refractivity contribution is 1.16. The fourth-order valence-electron chi connectivity index (χ4n) is 1.26. The van der Waals surface area contributed by atoms with Gasteiger partial charge in [-0.25, -0.2) is 9.97 Å². The first-order chi connectivity index (χ1) is 7.66. The van der Waals surface area contributed by atoms with E-state index in [4.69, 9.17) is 11.1 Å². The maximum atomic E-state index is 7.28. The lowest BCUT2D eigenvalue weighted by Gasteiger charge is -2.01. The second-order valence-corrected chi connectivity index (χ2v) is 4.13. The van der Waals surface area contributed by atoms with E-state index in [1.165, 1.54) is 0 Å². The number of aromatic nitrogens is 2. The Bertz CT molecular complexity index is 505. The fourth-order valence-corrected chi connectivity index (χ4v) is 1.46. The average molecular weight is 277 g/mol. The van der Waals surface area contributed by atoms with Gasteiger partial charge in [0, 0.05) is 23.5 Å². The topological polar surface area (TPSA) is 75.7 Å². The van der Waals surface area contributed by atoms with Crippen LogP contribution >= 0.6 is 15.9 Å². The van der Waals surface area contributed by atoms with Gasteiger partial charge >= 0.3 is 0 Å². The number of rotatable bonds is 2. The van der Waals surface area contributed by atoms with Crippen LogP contribution in [-0.4, -0.2) is 15.8 Å². The van der Waals surface area contributed by atoms with E-state index in [1.54, 1.807) is 24.5 Å². The van der Waals surface area contributed by atoms with Gasteiger partial charge in [-0.3, -0.25) is 5.41 Å². The molecule has 4 nitrogen and oxygen atoms in total. The van der Waals surface area contributed by atoms with E-state index < -0.39 is 0 Å². The highest BCUT2D eigenvalue weighted by atomic mass is 79.9. The van der Waals surface area contributed by atoms with Crippen molar-refractivity contribution in [1.29, 1.82) is 5.41 Å². The molecule has 0 saturated heterocycles. The summed E-state index contributed by atoms with van der Waals surface area (Å²) in [4.78, 5) is 8.36. The third-order valence-electron chi connectivity index (χ3n) is 2.07. The molecular weight excluding hydrogens is 268 g/mol. The van der Waals surface area contributed by atoms with Crippen molar-refractivity contribution >= 4 is 21.8 Å². The maximum absolute atomic E-state index is 7.28. The van der Waals surface area contributed by atoms with Crippen molar-refractivity contribution < 1.29 is 0 Å². The Balaban J connectivity index is 2.34. The molecule has 1 heterocycles. The molecule has 80 valence electrons. The zero-order chi connectivity index (χ0) is 11.5. The van der Waals surface area contributed by atoms with E-state index in [0.29, 0.717) is 11.4 Å². The van der Waals surface area contributed by atoms with Crippen LogP contribution in [0.5, 0.6) is 0 Å². The van der Waals surface area contributed by atoms with Gasteiger partial charge in [0.05, 0.1) is 4.47 Å². The average Bonchev–Trinajstić information content (AvgIpc) is 2.30. The molecule has 5 heteroatoms. The first-order valence-electron chi connectivity index (χ1n) is 4.59. The van der Waals surface area contributed by atoms with Gasteiger partial charge < -0.3 is 5.73 Å². The molecule has 2 aromatic rings. The number of nitrogens with two attached hydrogens (primary N) is 1. The second kappa shape index (κ2) is 4.40. The van der Waals surface area contributed by atoms with Crippen LogP contribution in [-0.2, 0) is 0 Å². The number of benzene rings is 1. The molecule has 0 aliphatic rings. The molecule has 0 amide bonds. The summed E-state index contributed by atoms with van der Waals surface area (Å²) in [5, 5.41) is 7.28. The highest BCUT2D eigenvalue weighted by molar-refractivity contribution is 9.10. The molecule has 3 N–H and O–H groups in total. The van der Waals surface area contributed by atoms with Crippen molar-refractivity contribution in [1.82, 2.24) is 9.97 Å². The Morgan fingerprint density at radius 3 is 2.19 bits per heavy atom. The number of nitrogens with one attached hydrogen (secondary N) is 1. The lowest BCUT2D eigenvalue weighted by atomic mass is 10.1. The Labute approximate surface area is 101 Å². The zero-order valence-corrected chi connectivity index (χ0v) is 9.90. The summed E-state index contributed by atoms with van der Waals surface area (Å²) in [5.74, 6) is 0.710. The van der Waals surface area contributed by atoms with Crippen molar-refractivity contribution in [2.75, 3.05) is 0 Å². The van der Waals surface area contributed by atoms with Gasteiger partial charge in [0.15, 0.2) is 5.82 Å². The fraction of sp³-hybridized carbons (Fsp3) is 0. The number of nitrogens with zero attached hydrogens (tertiary/aromatic N) is 2. The summed E-state index contributed by atoms with van der Waals surface area (Å²) in [7, 11) is 0. The molecule has 16 heavy (non-hydrogen) atoms. The summed E-state index contributed by atoms with van der Waals surface area (Å²) in [6, 6.07) is 7.26. The molecule has 1 aromatic heterocycles. The predicted octanol–water partition coefficient (Wildman–Crippen LogP) is 2.19. The Hall–Kier alpha value is -1.75. The van der Waals surface area contributed by atoms with Crippen LogP contribution in [0.3, 0.4) is 0 Å². The van der Waals surface area contributed by atoms with Crippen molar-refractivity contribution in [2.45, 2.75) is 0 Å². The number of hydrogen-bond donors (Lipinski definition) is 2. The SMILES string of the molecule is N=C(N)c1ccc(-c2ncc(Br)cn2)cc1. The van der Waals surface area contributed by atoms with Crippen LogP contribution < -0.4 is 5.73 Å². The molecule has 0 aliphatic carbocycles. The van der Waals surface area contributed by atoms with Gasteiger partial charge in [-0.1, -0.05) is 24.3 Å². The highest BCUT2D eigenvalue weighted by Crippen LogP contribution is 2.16. The van der Waals surface area contributed by atoms with Crippen LogP contribution in [0.15, 0.2) is 41.1 Å². The van der Waals surface area contributed by atoms with E-state index in [0.717, 1.165) is 10.0 Å². The van der Waals surface area contributed by atoms with Crippen molar-refractivity contribution in [3.05, 3.63) is 46.7 Å². The summed E-state index contributed by atoms with van der Waals surface area (Å²) in [6.07, 6.45) is 3.39. The first kappa shape index (κ1) is 10.8. The molecule has 1 aromatic carbocycles. The summed E-state index contributed by atoms with van der Waals surface area (Å²) >= 11 is 3.28. The van der Waals surface area contributed by atoms with Crippen LogP contribution in [0.25, 0.3) is 11.4 Å². The number of hydrogen-bond acceptors (Lipinski definition) is 3. The van der Waals surface area contributed by atoms with E-state index in [1.807, 2.05) is 12.1 Å². The summed E-state index contributed by atoms with van der Waals surface area (Å²) in [5.41, 5.74) is 6.96. The molecule has 2 rings (SSSR count). The predicted molar refractivity (Wildman–Crippen MR) is 66.2 cm³/mol. The monoisotopic (exact) mass is 276 g/mol. The van der Waals surface area contributed by atoms with Crippen molar-refractivity contribution in [3.63, 3.8) is 0 Å². The smallest absolute Gasteiger partial charge is 0.159 e. The second-order valence-electron chi connectivity index (χ2n) is 3.22. The van der Waals surface area contributed by atoms with Gasteiger partial charge in [0.25, 0.3) is 0 Å². The quantitative estimate of drug-likeness (QED) is 0.652. The summed E-state index contributed by atoms with van der Waals surface area (Å²) in [6.45, 7) is 0. The van der Waals surface area contributed by atoms with Crippen LogP contribution in [0.2, 0.25) is 0 Å². The molecule has 0 unspecified atom stereocenters. The highest BCUT2D eigenvalue weighted by Gasteiger charge is 2.01. The van der Waals surface area contributed by atoms with Gasteiger partial charge in [-0.05, 0) is 15.9 Å². The normalized spacial score (nSPS) is 10.1. The van der Waals surface area contributed by atoms with E-state index in [-0.39, 0.29) is 5.84 Å². The Morgan fingerprint density at radius 1 is 1.12 bits per heavy atom. The standard InChI is InChI=1S/C11H9BrN4/c12-9-5-15-11(16-6-9)8-3-1-7(2-4-8)10(13)14/h1-6H,(H3,13,14). The molecular formula is C11H9BrN4. The van der Waals surface area contributed by atoms with Gasteiger partial charge in [0.2, 0.25) is 0 Å². The van der Waals surface area contributed by atoms with Crippen LogP contribution in [0, 0.1) is 5.41 Å². The number of amidine groups is 1. The minimum Gasteiger partial charge on any atom is -0.384 e. The van der Waals surface area contributed by atoms with Crippen molar-refractivity contribution in [3.8, 4) is 11.4 Å². The van der Waals surface area contributed by atoms with Gasteiger partial charge in [-0.15, -0.1) is 0 Å². The maximum Gasteiger partial charge on any atom is 0.159 e. The summed E-state index contributed by atoms with van der Waals surface area (Å²) < 4.78 is 0.844. The van der Waals surface area contributed by atoms with E-state index >= 15 is 0 Å². The van der Waals surface area contributed by atoms with E-state index in [2.05, 4.69) is 25.9 Å². The Morgan fingerprint density at radius 2 is 1.69 bits per heavy atom. The molecule has 0 radical (unpaired) electrons.